The topological polar surface area (TPSA) is 97.2 Å². The third kappa shape index (κ3) is 5.15. The standard InChI is InChI=1S/C22H26FN5O3S2/c1-14-19(12-16-4-6-18(23)7-5-16)32-22(24-14)26-21(29)17-8-10-28(11-9-17)33(30,31)20-13-27(3)15(2)25-20/h4-7,13,17H,8-12H2,1-3H3,(H,24,26,29). The van der Waals surface area contributed by atoms with Gasteiger partial charge >= 0.3 is 0 Å². The number of benzene rings is 1. The number of hydrogen-bond acceptors (Lipinski definition) is 6. The number of amides is 1. The highest BCUT2D eigenvalue weighted by molar-refractivity contribution is 7.89. The first-order valence-corrected chi connectivity index (χ1v) is 12.9. The van der Waals surface area contributed by atoms with Gasteiger partial charge in [0.05, 0.1) is 5.69 Å². The van der Waals surface area contributed by atoms with Crippen molar-refractivity contribution in [2.24, 2.45) is 13.0 Å². The summed E-state index contributed by atoms with van der Waals surface area (Å²) >= 11 is 1.40. The number of hydrogen-bond donors (Lipinski definition) is 1. The van der Waals surface area contributed by atoms with Gasteiger partial charge in [0.15, 0.2) is 10.2 Å². The van der Waals surface area contributed by atoms with E-state index in [4.69, 9.17) is 0 Å². The van der Waals surface area contributed by atoms with E-state index in [1.54, 1.807) is 30.7 Å². The highest BCUT2D eigenvalue weighted by atomic mass is 32.2. The number of rotatable bonds is 6. The van der Waals surface area contributed by atoms with Crippen molar-refractivity contribution in [1.29, 1.82) is 0 Å². The molecule has 1 N–H and O–H groups in total. The van der Waals surface area contributed by atoms with Gasteiger partial charge in [-0.25, -0.2) is 22.8 Å². The van der Waals surface area contributed by atoms with Gasteiger partial charge in [0.25, 0.3) is 10.0 Å². The maximum Gasteiger partial charge on any atom is 0.262 e. The molecule has 2 aromatic heterocycles. The number of aryl methyl sites for hydroxylation is 3. The minimum absolute atomic E-state index is 0.0392. The second-order valence-electron chi connectivity index (χ2n) is 8.24. The highest BCUT2D eigenvalue weighted by Crippen LogP contribution is 2.28. The van der Waals surface area contributed by atoms with Gasteiger partial charge in [0, 0.05) is 43.5 Å². The molecule has 0 spiro atoms. The van der Waals surface area contributed by atoms with Crippen LogP contribution in [0.2, 0.25) is 0 Å². The summed E-state index contributed by atoms with van der Waals surface area (Å²) in [5, 5.41) is 3.45. The number of carbonyl (C=O) groups excluding carboxylic acids is 1. The van der Waals surface area contributed by atoms with Crippen LogP contribution in [0.15, 0.2) is 35.5 Å². The molecule has 1 amide bonds. The van der Waals surface area contributed by atoms with Crippen molar-refractivity contribution in [3.63, 3.8) is 0 Å². The molecule has 33 heavy (non-hydrogen) atoms. The Kier molecular flexibility index (Phi) is 6.64. The number of thiazole rings is 1. The SMILES string of the molecule is Cc1nc(NC(=O)C2CCN(S(=O)(=O)c3cn(C)c(C)n3)CC2)sc1Cc1ccc(F)cc1. The third-order valence-corrected chi connectivity index (χ3v) is 8.76. The lowest BCUT2D eigenvalue weighted by atomic mass is 9.97. The van der Waals surface area contributed by atoms with E-state index in [1.165, 1.54) is 34.0 Å². The Morgan fingerprint density at radius 1 is 1.18 bits per heavy atom. The minimum Gasteiger partial charge on any atom is -0.337 e. The lowest BCUT2D eigenvalue weighted by molar-refractivity contribution is -0.120. The Bertz CT molecular complexity index is 1240. The molecular weight excluding hydrogens is 465 g/mol. The Balaban J connectivity index is 1.35. The van der Waals surface area contributed by atoms with Crippen LogP contribution in [-0.4, -0.2) is 46.3 Å². The summed E-state index contributed by atoms with van der Waals surface area (Å²) in [6.45, 7) is 4.17. The largest absolute Gasteiger partial charge is 0.337 e. The smallest absolute Gasteiger partial charge is 0.262 e. The molecule has 3 heterocycles. The Labute approximate surface area is 196 Å². The van der Waals surface area contributed by atoms with Crippen LogP contribution in [0.4, 0.5) is 9.52 Å². The van der Waals surface area contributed by atoms with Crippen LogP contribution in [0.1, 0.15) is 34.8 Å². The number of nitrogens with zero attached hydrogens (tertiary/aromatic N) is 4. The first-order chi connectivity index (χ1) is 15.6. The lowest BCUT2D eigenvalue weighted by Crippen LogP contribution is -2.41. The van der Waals surface area contributed by atoms with Crippen molar-refractivity contribution in [3.05, 3.63) is 58.2 Å². The number of nitrogens with one attached hydrogen (secondary N) is 1. The maximum absolute atomic E-state index is 13.1. The molecule has 11 heteroatoms. The van der Waals surface area contributed by atoms with Crippen LogP contribution in [0.5, 0.6) is 0 Å². The fourth-order valence-corrected chi connectivity index (χ4v) is 6.28. The van der Waals surface area contributed by atoms with Crippen molar-refractivity contribution in [2.45, 2.75) is 38.1 Å². The van der Waals surface area contributed by atoms with E-state index in [2.05, 4.69) is 15.3 Å². The van der Waals surface area contributed by atoms with Crippen LogP contribution < -0.4 is 5.32 Å². The molecule has 1 fully saturated rings. The summed E-state index contributed by atoms with van der Waals surface area (Å²) in [4.78, 5) is 22.4. The van der Waals surface area contributed by atoms with Gasteiger partial charge in [-0.3, -0.25) is 4.79 Å². The molecule has 0 aliphatic carbocycles. The summed E-state index contributed by atoms with van der Waals surface area (Å²) in [6, 6.07) is 6.33. The zero-order valence-corrected chi connectivity index (χ0v) is 20.3. The van der Waals surface area contributed by atoms with E-state index in [0.717, 1.165) is 16.1 Å². The average molecular weight is 492 g/mol. The molecule has 0 unspecified atom stereocenters. The molecule has 1 aromatic carbocycles. The molecule has 4 rings (SSSR count). The predicted molar refractivity (Wildman–Crippen MR) is 124 cm³/mol. The van der Waals surface area contributed by atoms with E-state index in [1.807, 2.05) is 6.92 Å². The van der Waals surface area contributed by atoms with Gasteiger partial charge in [-0.1, -0.05) is 12.1 Å². The normalized spacial score (nSPS) is 15.6. The quantitative estimate of drug-likeness (QED) is 0.571. The third-order valence-electron chi connectivity index (χ3n) is 5.92. The maximum atomic E-state index is 13.1. The van der Waals surface area contributed by atoms with Gasteiger partial charge in [0.1, 0.15) is 11.6 Å². The molecule has 1 aliphatic rings. The van der Waals surface area contributed by atoms with Gasteiger partial charge in [-0.05, 0) is 44.4 Å². The van der Waals surface area contributed by atoms with E-state index >= 15 is 0 Å². The number of piperidine rings is 1. The van der Waals surface area contributed by atoms with Gasteiger partial charge in [-0.15, -0.1) is 11.3 Å². The fourth-order valence-electron chi connectivity index (χ4n) is 3.78. The molecule has 3 aromatic rings. The molecule has 0 radical (unpaired) electrons. The van der Waals surface area contributed by atoms with Gasteiger partial charge < -0.3 is 9.88 Å². The average Bonchev–Trinajstić information content (AvgIpc) is 3.31. The first-order valence-electron chi connectivity index (χ1n) is 10.6. The van der Waals surface area contributed by atoms with Crippen LogP contribution in [0, 0.1) is 25.6 Å². The first kappa shape index (κ1) is 23.5. The Hall–Kier alpha value is -2.63. The van der Waals surface area contributed by atoms with Crippen molar-refractivity contribution < 1.29 is 17.6 Å². The number of halogens is 1. The molecular formula is C22H26FN5O3S2. The number of carbonyl (C=O) groups is 1. The lowest BCUT2D eigenvalue weighted by Gasteiger charge is -2.29. The van der Waals surface area contributed by atoms with E-state index in [-0.39, 0.29) is 35.8 Å². The zero-order chi connectivity index (χ0) is 23.8. The van der Waals surface area contributed by atoms with E-state index < -0.39 is 10.0 Å². The van der Waals surface area contributed by atoms with Crippen LogP contribution in [0.25, 0.3) is 0 Å². The van der Waals surface area contributed by atoms with Crippen molar-refractivity contribution in [3.8, 4) is 0 Å². The minimum atomic E-state index is -3.67. The molecule has 0 bridgehead atoms. The zero-order valence-electron chi connectivity index (χ0n) is 18.7. The molecule has 0 saturated carbocycles. The fraction of sp³-hybridized carbons (Fsp3) is 0.409. The number of imidazole rings is 1. The highest BCUT2D eigenvalue weighted by Gasteiger charge is 2.33. The number of anilines is 1. The molecule has 176 valence electrons. The van der Waals surface area contributed by atoms with Crippen molar-refractivity contribution in [2.75, 3.05) is 18.4 Å². The van der Waals surface area contributed by atoms with Crippen LogP contribution in [-0.2, 0) is 28.3 Å². The molecule has 1 aliphatic heterocycles. The summed E-state index contributed by atoms with van der Waals surface area (Å²) in [7, 11) is -1.92. The predicted octanol–water partition coefficient (Wildman–Crippen LogP) is 3.26. The number of sulfonamides is 1. The second-order valence-corrected chi connectivity index (χ2v) is 11.2. The monoisotopic (exact) mass is 491 g/mol. The van der Waals surface area contributed by atoms with Crippen LogP contribution >= 0.6 is 11.3 Å². The summed E-state index contributed by atoms with van der Waals surface area (Å²) in [5.74, 6) is -0.0865. The molecule has 8 nitrogen and oxygen atoms in total. The number of aromatic nitrogens is 3. The second kappa shape index (κ2) is 9.32. The van der Waals surface area contributed by atoms with Gasteiger partial charge in [-0.2, -0.15) is 4.31 Å². The van der Waals surface area contributed by atoms with E-state index in [9.17, 15) is 17.6 Å². The van der Waals surface area contributed by atoms with Crippen LogP contribution in [0.3, 0.4) is 0 Å². The molecule has 0 atom stereocenters. The summed E-state index contributed by atoms with van der Waals surface area (Å²) < 4.78 is 41.9. The summed E-state index contributed by atoms with van der Waals surface area (Å²) in [6.07, 6.45) is 2.99. The Morgan fingerprint density at radius 2 is 1.85 bits per heavy atom. The van der Waals surface area contributed by atoms with Crippen molar-refractivity contribution >= 4 is 32.4 Å². The van der Waals surface area contributed by atoms with E-state index in [0.29, 0.717) is 30.2 Å². The Morgan fingerprint density at radius 3 is 2.45 bits per heavy atom. The summed E-state index contributed by atoms with van der Waals surface area (Å²) in [5.41, 5.74) is 1.80. The van der Waals surface area contributed by atoms with Crippen molar-refractivity contribution in [1.82, 2.24) is 18.8 Å². The molecule has 1 saturated heterocycles. The van der Waals surface area contributed by atoms with Gasteiger partial charge in [0.2, 0.25) is 5.91 Å².